The molecule has 1 aromatic heterocycles. The normalized spacial score (nSPS) is 12.5. The molecule has 0 spiro atoms. The molecule has 140 valence electrons. The Kier molecular flexibility index (Phi) is 6.24. The summed E-state index contributed by atoms with van der Waals surface area (Å²) in [6.45, 7) is 7.98. The number of hydrogen-bond acceptors (Lipinski definition) is 3. The molecule has 2 aromatic rings. The van der Waals surface area contributed by atoms with Gasteiger partial charge in [-0.05, 0) is 49.6 Å². The third-order valence-corrected chi connectivity index (χ3v) is 4.36. The summed E-state index contributed by atoms with van der Waals surface area (Å²) in [5, 5.41) is 2.90. The third-order valence-electron chi connectivity index (χ3n) is 4.36. The fourth-order valence-electron chi connectivity index (χ4n) is 2.64. The first-order chi connectivity index (χ1) is 12.2. The highest BCUT2D eigenvalue weighted by Crippen LogP contribution is 2.18. The molecule has 0 saturated carbocycles. The number of carbonyl (C=O) groups excluding carboxylic acids is 1. The van der Waals surface area contributed by atoms with Gasteiger partial charge in [-0.1, -0.05) is 32.9 Å². The fraction of sp³-hybridized carbons (Fsp3) is 0.429. The van der Waals surface area contributed by atoms with Crippen molar-refractivity contribution in [2.24, 2.45) is 0 Å². The van der Waals surface area contributed by atoms with Crippen LogP contribution < -0.4 is 15.6 Å². The number of methoxy groups -OCH3 is 1. The standard InChI is InChI=1S/C21H28N2O3/c1-14(6-7-15-8-10-16(26-5)11-9-15)22-19(24)17-12-13-18(21(2,3)4)23-20(17)25/h8-14H,6-7H2,1-5H3,(H,22,24)(H,23,25). The summed E-state index contributed by atoms with van der Waals surface area (Å²) in [5.41, 5.74) is 1.62. The van der Waals surface area contributed by atoms with Crippen LogP contribution >= 0.6 is 0 Å². The number of ether oxygens (including phenoxy) is 1. The van der Waals surface area contributed by atoms with Gasteiger partial charge in [0.05, 0.1) is 7.11 Å². The SMILES string of the molecule is COc1ccc(CCC(C)NC(=O)c2ccc(C(C)(C)C)[nH]c2=O)cc1. The van der Waals surface area contributed by atoms with Crippen LogP contribution in [-0.2, 0) is 11.8 Å². The molecule has 1 aromatic carbocycles. The zero-order chi connectivity index (χ0) is 19.3. The number of pyridine rings is 1. The molecule has 0 fully saturated rings. The summed E-state index contributed by atoms with van der Waals surface area (Å²) >= 11 is 0. The Bertz CT molecular complexity index is 801. The van der Waals surface area contributed by atoms with E-state index in [1.54, 1.807) is 19.2 Å². The molecule has 0 aliphatic rings. The molecule has 0 saturated heterocycles. The van der Waals surface area contributed by atoms with Crippen LogP contribution in [0.2, 0.25) is 0 Å². The first-order valence-electron chi connectivity index (χ1n) is 8.88. The summed E-state index contributed by atoms with van der Waals surface area (Å²) in [5.74, 6) is 0.488. The topological polar surface area (TPSA) is 71.2 Å². The number of aromatic nitrogens is 1. The number of rotatable bonds is 6. The minimum Gasteiger partial charge on any atom is -0.497 e. The van der Waals surface area contributed by atoms with Crippen molar-refractivity contribution in [2.75, 3.05) is 7.11 Å². The van der Waals surface area contributed by atoms with Crippen LogP contribution in [0.4, 0.5) is 0 Å². The first kappa shape index (κ1) is 19.8. The summed E-state index contributed by atoms with van der Waals surface area (Å²) in [6.07, 6.45) is 1.63. The number of aromatic amines is 1. The van der Waals surface area contributed by atoms with Gasteiger partial charge in [0.25, 0.3) is 11.5 Å². The van der Waals surface area contributed by atoms with E-state index in [4.69, 9.17) is 4.74 Å². The lowest BCUT2D eigenvalue weighted by Crippen LogP contribution is -2.36. The van der Waals surface area contributed by atoms with Crippen molar-refractivity contribution in [1.82, 2.24) is 10.3 Å². The molecule has 5 heteroatoms. The highest BCUT2D eigenvalue weighted by Gasteiger charge is 2.18. The van der Waals surface area contributed by atoms with Crippen molar-refractivity contribution >= 4 is 5.91 Å². The van der Waals surface area contributed by atoms with Crippen LogP contribution in [0.3, 0.4) is 0 Å². The smallest absolute Gasteiger partial charge is 0.261 e. The Morgan fingerprint density at radius 3 is 2.35 bits per heavy atom. The summed E-state index contributed by atoms with van der Waals surface area (Å²) in [6, 6.07) is 11.3. The second-order valence-corrected chi connectivity index (χ2v) is 7.63. The van der Waals surface area contributed by atoms with E-state index >= 15 is 0 Å². The Balaban J connectivity index is 1.95. The van der Waals surface area contributed by atoms with E-state index in [1.807, 2.05) is 52.0 Å². The molecule has 1 atom stereocenters. The van der Waals surface area contributed by atoms with Crippen molar-refractivity contribution in [3.63, 3.8) is 0 Å². The molecular weight excluding hydrogens is 328 g/mol. The lowest BCUT2D eigenvalue weighted by atomic mass is 9.91. The Morgan fingerprint density at radius 1 is 1.15 bits per heavy atom. The van der Waals surface area contributed by atoms with Gasteiger partial charge in [0.1, 0.15) is 11.3 Å². The predicted molar refractivity (Wildman–Crippen MR) is 104 cm³/mol. The van der Waals surface area contributed by atoms with E-state index in [0.717, 1.165) is 24.3 Å². The molecule has 0 bridgehead atoms. The second kappa shape index (κ2) is 8.21. The average Bonchev–Trinajstić information content (AvgIpc) is 2.59. The van der Waals surface area contributed by atoms with Gasteiger partial charge in [-0.15, -0.1) is 0 Å². The minimum absolute atomic E-state index is 0.0358. The molecular formula is C21H28N2O3. The highest BCUT2D eigenvalue weighted by molar-refractivity contribution is 5.93. The molecule has 2 N–H and O–H groups in total. The van der Waals surface area contributed by atoms with E-state index < -0.39 is 0 Å². The third kappa shape index (κ3) is 5.22. The van der Waals surface area contributed by atoms with Gasteiger partial charge in [-0.3, -0.25) is 9.59 Å². The zero-order valence-corrected chi connectivity index (χ0v) is 16.2. The second-order valence-electron chi connectivity index (χ2n) is 7.63. The molecule has 1 unspecified atom stereocenters. The van der Waals surface area contributed by atoms with Crippen molar-refractivity contribution in [2.45, 2.75) is 52.0 Å². The largest absolute Gasteiger partial charge is 0.497 e. The number of H-pyrrole nitrogens is 1. The molecule has 26 heavy (non-hydrogen) atoms. The van der Waals surface area contributed by atoms with E-state index in [2.05, 4.69) is 10.3 Å². The number of hydrogen-bond donors (Lipinski definition) is 2. The maximum absolute atomic E-state index is 12.4. The van der Waals surface area contributed by atoms with Gasteiger partial charge >= 0.3 is 0 Å². The number of carbonyl (C=O) groups is 1. The van der Waals surface area contributed by atoms with Crippen LogP contribution in [-0.4, -0.2) is 24.0 Å². The van der Waals surface area contributed by atoms with Crippen LogP contribution in [0, 0.1) is 0 Å². The Hall–Kier alpha value is -2.56. The molecule has 2 rings (SSSR count). The molecule has 0 radical (unpaired) electrons. The van der Waals surface area contributed by atoms with Crippen LogP contribution in [0.15, 0.2) is 41.2 Å². The van der Waals surface area contributed by atoms with E-state index in [0.29, 0.717) is 0 Å². The molecule has 0 aliphatic heterocycles. The number of aryl methyl sites for hydroxylation is 1. The zero-order valence-electron chi connectivity index (χ0n) is 16.2. The maximum Gasteiger partial charge on any atom is 0.261 e. The first-order valence-corrected chi connectivity index (χ1v) is 8.88. The Morgan fingerprint density at radius 2 is 1.81 bits per heavy atom. The van der Waals surface area contributed by atoms with Crippen LogP contribution in [0.1, 0.15) is 55.7 Å². The van der Waals surface area contributed by atoms with E-state index in [9.17, 15) is 9.59 Å². The van der Waals surface area contributed by atoms with E-state index in [-0.39, 0.29) is 28.5 Å². The van der Waals surface area contributed by atoms with Gasteiger partial charge in [0.2, 0.25) is 0 Å². The van der Waals surface area contributed by atoms with Gasteiger partial charge in [0.15, 0.2) is 0 Å². The molecule has 1 amide bonds. The van der Waals surface area contributed by atoms with Gasteiger partial charge in [0, 0.05) is 17.2 Å². The summed E-state index contributed by atoms with van der Waals surface area (Å²) < 4.78 is 5.15. The number of benzene rings is 1. The monoisotopic (exact) mass is 356 g/mol. The molecule has 0 aliphatic carbocycles. The van der Waals surface area contributed by atoms with Crippen LogP contribution in [0.25, 0.3) is 0 Å². The molecule has 1 heterocycles. The van der Waals surface area contributed by atoms with Gasteiger partial charge in [-0.2, -0.15) is 0 Å². The van der Waals surface area contributed by atoms with Crippen molar-refractivity contribution < 1.29 is 9.53 Å². The van der Waals surface area contributed by atoms with Gasteiger partial charge in [-0.25, -0.2) is 0 Å². The Labute approximate surface area is 154 Å². The van der Waals surface area contributed by atoms with E-state index in [1.165, 1.54) is 5.56 Å². The minimum atomic E-state index is -0.350. The van der Waals surface area contributed by atoms with Crippen LogP contribution in [0.5, 0.6) is 5.75 Å². The van der Waals surface area contributed by atoms with Crippen molar-refractivity contribution in [1.29, 1.82) is 0 Å². The average molecular weight is 356 g/mol. The van der Waals surface area contributed by atoms with Gasteiger partial charge < -0.3 is 15.0 Å². The predicted octanol–water partition coefficient (Wildman–Crippen LogP) is 3.43. The quantitative estimate of drug-likeness (QED) is 0.833. The lowest BCUT2D eigenvalue weighted by molar-refractivity contribution is 0.0937. The highest BCUT2D eigenvalue weighted by atomic mass is 16.5. The fourth-order valence-corrected chi connectivity index (χ4v) is 2.64. The number of nitrogens with one attached hydrogen (secondary N) is 2. The number of amides is 1. The van der Waals surface area contributed by atoms with Crippen molar-refractivity contribution in [3.05, 3.63) is 63.6 Å². The maximum atomic E-state index is 12.4. The molecule has 5 nitrogen and oxygen atoms in total. The summed E-state index contributed by atoms with van der Waals surface area (Å²) in [7, 11) is 1.64. The lowest BCUT2D eigenvalue weighted by Gasteiger charge is -2.19. The summed E-state index contributed by atoms with van der Waals surface area (Å²) in [4.78, 5) is 27.4. The van der Waals surface area contributed by atoms with Crippen molar-refractivity contribution in [3.8, 4) is 5.75 Å².